The van der Waals surface area contributed by atoms with E-state index in [1.807, 2.05) is 25.1 Å². The number of benzene rings is 3. The van der Waals surface area contributed by atoms with Crippen molar-refractivity contribution in [2.75, 3.05) is 15.5 Å². The van der Waals surface area contributed by atoms with Gasteiger partial charge in [0.15, 0.2) is 11.4 Å². The number of nitriles is 1. The first-order chi connectivity index (χ1) is 28.9. The molecule has 1 unspecified atom stereocenters. The molecule has 1 heterocycles. The smallest absolute Gasteiger partial charge is 0.415 e. The quantitative estimate of drug-likeness (QED) is 0.0811. The Bertz CT molecular complexity index is 2440. The van der Waals surface area contributed by atoms with Crippen LogP contribution in [0.3, 0.4) is 0 Å². The first-order valence-corrected chi connectivity index (χ1v) is 21.1. The number of halogens is 1. The van der Waals surface area contributed by atoms with Crippen LogP contribution in [0.5, 0.6) is 0 Å². The molecular formula is C48H56ClN5O8. The minimum absolute atomic E-state index is 0.0294. The number of oxazole rings is 1. The van der Waals surface area contributed by atoms with Gasteiger partial charge in [0.25, 0.3) is 5.91 Å². The van der Waals surface area contributed by atoms with E-state index in [-0.39, 0.29) is 57.6 Å². The molecule has 0 bridgehead atoms. The number of aryl methyl sites for hydroxylation is 1. The van der Waals surface area contributed by atoms with Gasteiger partial charge in [-0.05, 0) is 102 Å². The fourth-order valence-electron chi connectivity index (χ4n) is 7.91. The summed E-state index contributed by atoms with van der Waals surface area (Å²) in [6.07, 6.45) is 2.32. The first-order valence-electron chi connectivity index (χ1n) is 20.8. The summed E-state index contributed by atoms with van der Waals surface area (Å²) in [5.74, 6) is -3.11. The monoisotopic (exact) mass is 865 g/mol. The summed E-state index contributed by atoms with van der Waals surface area (Å²) in [5, 5.41) is 24.4. The molecule has 3 aromatic carbocycles. The molecule has 1 atom stereocenters. The van der Waals surface area contributed by atoms with Crippen LogP contribution >= 0.6 is 11.6 Å². The molecule has 13 nitrogen and oxygen atoms in total. The number of carbonyl (C=O) groups excluding carboxylic acids is 4. The maximum absolute atomic E-state index is 14.3. The van der Waals surface area contributed by atoms with Gasteiger partial charge in [-0.2, -0.15) is 5.26 Å². The fraction of sp³-hybridized carbons (Fsp3) is 0.438. The van der Waals surface area contributed by atoms with Crippen molar-refractivity contribution < 1.29 is 38.2 Å². The van der Waals surface area contributed by atoms with Crippen LogP contribution in [0.15, 0.2) is 59.0 Å². The first kappa shape index (κ1) is 47.1. The van der Waals surface area contributed by atoms with Crippen molar-refractivity contribution in [1.29, 1.82) is 5.26 Å². The van der Waals surface area contributed by atoms with E-state index in [2.05, 4.69) is 51.3 Å². The van der Waals surface area contributed by atoms with Crippen LogP contribution in [0.1, 0.15) is 123 Å². The lowest BCUT2D eigenvalue weighted by Gasteiger charge is -2.32. The number of aliphatic carboxylic acids is 1. The number of carboxylic acids is 1. The van der Waals surface area contributed by atoms with Crippen LogP contribution in [-0.2, 0) is 29.3 Å². The van der Waals surface area contributed by atoms with Gasteiger partial charge in [0.2, 0.25) is 17.9 Å². The topological polar surface area (TPSA) is 192 Å². The number of ether oxygens (including phenoxy) is 1. The van der Waals surface area contributed by atoms with Gasteiger partial charge in [-0.25, -0.2) is 9.78 Å². The highest BCUT2D eigenvalue weighted by Gasteiger charge is 2.41. The maximum atomic E-state index is 14.3. The second kappa shape index (κ2) is 18.9. The number of nitrogens with zero attached hydrogens (tertiary/aromatic N) is 3. The van der Waals surface area contributed by atoms with E-state index in [0.29, 0.717) is 35.2 Å². The van der Waals surface area contributed by atoms with Crippen molar-refractivity contribution in [3.8, 4) is 6.07 Å². The summed E-state index contributed by atoms with van der Waals surface area (Å²) in [7, 11) is 0. The highest BCUT2D eigenvalue weighted by Crippen LogP contribution is 2.38. The standard InChI is InChI=1S/C48H56ClN5O8/c1-28-22-34(17-14-29(28)23-30(26-50)44-53-37-24-31(15-19-38(37)61-44)48(8,9)27-46(2,3)4)54(33-12-10-11-13-33)45(60)62-41(42(58)47(5,6)7)43(59)52-36-25-32(16-18-35(36)49)51-39(55)20-21-40(56)57/h14-19,22-25,33,41H,10-13,20-21,27H2,1-9H3,(H,51,55)(H,52,59)(H,56,57). The van der Waals surface area contributed by atoms with Crippen molar-refractivity contribution in [2.45, 2.75) is 125 Å². The lowest BCUT2D eigenvalue weighted by molar-refractivity contribution is -0.142. The highest BCUT2D eigenvalue weighted by atomic mass is 35.5. The van der Waals surface area contributed by atoms with Gasteiger partial charge in [-0.1, -0.05) is 92.0 Å². The third-order valence-electron chi connectivity index (χ3n) is 10.7. The Morgan fingerprint density at radius 1 is 0.968 bits per heavy atom. The SMILES string of the molecule is Cc1cc(N(C(=O)OC(C(=O)Nc2cc(NC(=O)CCC(=O)O)ccc2Cl)C(=O)C(C)(C)C)C2CCCC2)ccc1C=C(C#N)c1nc2cc(C(C)(C)CC(C)(C)C)ccc2o1. The Balaban J connectivity index is 1.41. The molecule has 1 saturated carbocycles. The summed E-state index contributed by atoms with van der Waals surface area (Å²) >= 11 is 6.40. The normalized spacial score (nSPS) is 14.2. The number of anilines is 3. The molecule has 3 amide bonds. The molecule has 0 aliphatic heterocycles. The number of fused-ring (bicyclic) bond motifs is 1. The maximum Gasteiger partial charge on any atom is 0.415 e. The van der Waals surface area contributed by atoms with Crippen LogP contribution in [0.4, 0.5) is 21.9 Å². The third kappa shape index (κ3) is 11.9. The Morgan fingerprint density at radius 2 is 1.66 bits per heavy atom. The molecule has 0 radical (unpaired) electrons. The van der Waals surface area contributed by atoms with E-state index >= 15 is 0 Å². The zero-order chi connectivity index (χ0) is 45.7. The van der Waals surface area contributed by atoms with Gasteiger partial charge in [-0.15, -0.1) is 0 Å². The molecule has 1 aliphatic rings. The average Bonchev–Trinajstić information content (AvgIpc) is 3.86. The third-order valence-corrected chi connectivity index (χ3v) is 11.0. The van der Waals surface area contributed by atoms with E-state index in [1.165, 1.54) is 23.1 Å². The number of carboxylic acid groups (broad SMARTS) is 1. The number of carbonyl (C=O) groups is 5. The second-order valence-corrected chi connectivity index (χ2v) is 19.3. The number of aromatic nitrogens is 1. The number of hydrogen-bond acceptors (Lipinski definition) is 9. The summed E-state index contributed by atoms with van der Waals surface area (Å²) in [4.78, 5) is 71.4. The number of allylic oxidation sites excluding steroid dienone is 1. The van der Waals surface area contributed by atoms with Crippen LogP contribution in [0.25, 0.3) is 22.7 Å². The zero-order valence-electron chi connectivity index (χ0n) is 36.9. The molecule has 62 heavy (non-hydrogen) atoms. The molecule has 4 aromatic rings. The molecule has 1 aromatic heterocycles. The molecule has 328 valence electrons. The van der Waals surface area contributed by atoms with Crippen LogP contribution < -0.4 is 15.5 Å². The Hall–Kier alpha value is -6.00. The number of nitrogens with one attached hydrogen (secondary N) is 2. The minimum Gasteiger partial charge on any atom is -0.481 e. The number of ketones is 1. The minimum atomic E-state index is -1.88. The van der Waals surface area contributed by atoms with Crippen molar-refractivity contribution in [3.05, 3.63) is 82.2 Å². The highest BCUT2D eigenvalue weighted by molar-refractivity contribution is 6.34. The van der Waals surface area contributed by atoms with Gasteiger partial charge in [0, 0.05) is 29.3 Å². The predicted molar refractivity (Wildman–Crippen MR) is 241 cm³/mol. The molecular weight excluding hydrogens is 810 g/mol. The van der Waals surface area contributed by atoms with E-state index in [0.717, 1.165) is 30.4 Å². The fourth-order valence-corrected chi connectivity index (χ4v) is 8.07. The molecule has 0 spiro atoms. The average molecular weight is 866 g/mol. The number of Topliss-reactive ketones (excluding diaryl/α,β-unsaturated/α-hetero) is 1. The van der Waals surface area contributed by atoms with E-state index < -0.39 is 41.2 Å². The second-order valence-electron chi connectivity index (χ2n) is 18.8. The van der Waals surface area contributed by atoms with Crippen LogP contribution in [-0.4, -0.2) is 51.9 Å². The largest absolute Gasteiger partial charge is 0.481 e. The van der Waals surface area contributed by atoms with Crippen LogP contribution in [0, 0.1) is 29.1 Å². The van der Waals surface area contributed by atoms with Crippen molar-refractivity contribution in [1.82, 2.24) is 4.98 Å². The number of rotatable bonds is 14. The van der Waals surface area contributed by atoms with E-state index in [1.54, 1.807) is 45.0 Å². The van der Waals surface area contributed by atoms with Gasteiger partial charge in [0.05, 0.1) is 17.1 Å². The Kier molecular flexibility index (Phi) is 14.4. The summed E-state index contributed by atoms with van der Waals surface area (Å²) in [6, 6.07) is 17.5. The van der Waals surface area contributed by atoms with Crippen molar-refractivity contribution in [2.24, 2.45) is 10.8 Å². The molecule has 1 aliphatic carbocycles. The van der Waals surface area contributed by atoms with Crippen molar-refractivity contribution in [3.63, 3.8) is 0 Å². The molecule has 1 fully saturated rings. The Morgan fingerprint density at radius 3 is 2.27 bits per heavy atom. The van der Waals surface area contributed by atoms with E-state index in [4.69, 9.17) is 30.8 Å². The van der Waals surface area contributed by atoms with Crippen LogP contribution in [0.2, 0.25) is 5.02 Å². The van der Waals surface area contributed by atoms with Gasteiger partial charge in [-0.3, -0.25) is 24.1 Å². The molecule has 3 N–H and O–H groups in total. The Labute approximate surface area is 367 Å². The van der Waals surface area contributed by atoms with E-state index in [9.17, 15) is 29.2 Å². The van der Waals surface area contributed by atoms with Crippen molar-refractivity contribution >= 4 is 81.1 Å². The molecule has 5 rings (SSSR count). The zero-order valence-corrected chi connectivity index (χ0v) is 37.7. The van der Waals surface area contributed by atoms with Gasteiger partial charge < -0.3 is 24.9 Å². The lowest BCUT2D eigenvalue weighted by atomic mass is 9.72. The molecule has 14 heteroatoms. The summed E-state index contributed by atoms with van der Waals surface area (Å²) < 4.78 is 11.9. The van der Waals surface area contributed by atoms with Gasteiger partial charge >= 0.3 is 12.1 Å². The lowest BCUT2D eigenvalue weighted by Crippen LogP contribution is -2.48. The van der Waals surface area contributed by atoms with Gasteiger partial charge in [0.1, 0.15) is 17.2 Å². The summed E-state index contributed by atoms with van der Waals surface area (Å²) in [5.41, 5.74) is 3.65. The summed E-state index contributed by atoms with van der Waals surface area (Å²) in [6.45, 7) is 17.7. The number of hydrogen-bond donors (Lipinski definition) is 3. The number of amides is 3. The predicted octanol–water partition coefficient (Wildman–Crippen LogP) is 10.9. The molecule has 0 saturated heterocycles.